The Labute approximate surface area is 142 Å². The number of benzene rings is 1. The Kier molecular flexibility index (Phi) is 5.92. The van der Waals surface area contributed by atoms with E-state index in [2.05, 4.69) is 10.6 Å². The van der Waals surface area contributed by atoms with Crippen molar-refractivity contribution in [2.24, 2.45) is 0 Å². The van der Waals surface area contributed by atoms with Gasteiger partial charge in [-0.25, -0.2) is 4.79 Å². The summed E-state index contributed by atoms with van der Waals surface area (Å²) < 4.78 is 0. The van der Waals surface area contributed by atoms with Gasteiger partial charge in [0, 0.05) is 38.8 Å². The molecule has 1 aliphatic heterocycles. The largest absolute Gasteiger partial charge is 0.340 e. The number of amides is 4. The van der Waals surface area contributed by atoms with Gasteiger partial charge in [0.15, 0.2) is 0 Å². The van der Waals surface area contributed by atoms with E-state index in [9.17, 15) is 14.4 Å². The SMILES string of the molecule is CC(=O)N1CCN(CC(=O)NC(=O)Nc2ccc(C)cc2C)CC1. The van der Waals surface area contributed by atoms with Crippen LogP contribution in [0.1, 0.15) is 18.1 Å². The van der Waals surface area contributed by atoms with E-state index >= 15 is 0 Å². The lowest BCUT2D eigenvalue weighted by atomic mass is 10.1. The molecule has 130 valence electrons. The molecule has 0 atom stereocenters. The number of piperazine rings is 1. The van der Waals surface area contributed by atoms with Crippen LogP contribution in [0.4, 0.5) is 10.5 Å². The maximum atomic E-state index is 12.0. The molecule has 1 fully saturated rings. The molecule has 0 radical (unpaired) electrons. The third-order valence-electron chi connectivity index (χ3n) is 4.07. The molecule has 7 nitrogen and oxygen atoms in total. The maximum Gasteiger partial charge on any atom is 0.325 e. The fourth-order valence-electron chi connectivity index (χ4n) is 2.70. The van der Waals surface area contributed by atoms with Crippen LogP contribution in [0, 0.1) is 13.8 Å². The van der Waals surface area contributed by atoms with Gasteiger partial charge in [-0.15, -0.1) is 0 Å². The summed E-state index contributed by atoms with van der Waals surface area (Å²) >= 11 is 0. The molecular formula is C17H24N4O3. The first kappa shape index (κ1) is 17.9. The minimum Gasteiger partial charge on any atom is -0.340 e. The Bertz CT molecular complexity index is 637. The molecule has 2 N–H and O–H groups in total. The zero-order chi connectivity index (χ0) is 17.7. The van der Waals surface area contributed by atoms with Crippen molar-refractivity contribution in [2.75, 3.05) is 38.0 Å². The van der Waals surface area contributed by atoms with Crippen LogP contribution in [-0.2, 0) is 9.59 Å². The Hall–Kier alpha value is -2.41. The maximum absolute atomic E-state index is 12.0. The molecule has 7 heteroatoms. The molecule has 1 heterocycles. The molecule has 4 amide bonds. The van der Waals surface area contributed by atoms with Gasteiger partial charge >= 0.3 is 6.03 Å². The summed E-state index contributed by atoms with van der Waals surface area (Å²) in [6.45, 7) is 8.04. The second-order valence-corrected chi connectivity index (χ2v) is 6.10. The molecule has 0 aromatic heterocycles. The molecule has 0 aliphatic carbocycles. The van der Waals surface area contributed by atoms with Crippen LogP contribution in [0.2, 0.25) is 0 Å². The number of hydrogen-bond donors (Lipinski definition) is 2. The summed E-state index contributed by atoms with van der Waals surface area (Å²) in [6, 6.07) is 5.15. The fraction of sp³-hybridized carbons (Fsp3) is 0.471. The highest BCUT2D eigenvalue weighted by Crippen LogP contribution is 2.15. The highest BCUT2D eigenvalue weighted by Gasteiger charge is 2.21. The van der Waals surface area contributed by atoms with Gasteiger partial charge in [-0.2, -0.15) is 0 Å². The van der Waals surface area contributed by atoms with Crippen LogP contribution in [0.25, 0.3) is 0 Å². The molecule has 0 unspecified atom stereocenters. The molecule has 0 bridgehead atoms. The van der Waals surface area contributed by atoms with Gasteiger partial charge in [-0.3, -0.25) is 19.8 Å². The minimum atomic E-state index is -0.533. The first-order valence-corrected chi connectivity index (χ1v) is 8.01. The number of imide groups is 1. The Morgan fingerprint density at radius 3 is 2.33 bits per heavy atom. The lowest BCUT2D eigenvalue weighted by Gasteiger charge is -2.33. The molecule has 1 saturated heterocycles. The monoisotopic (exact) mass is 332 g/mol. The minimum absolute atomic E-state index is 0.0481. The molecule has 24 heavy (non-hydrogen) atoms. The molecule has 0 spiro atoms. The molecule has 1 aromatic carbocycles. The lowest BCUT2D eigenvalue weighted by molar-refractivity contribution is -0.130. The van der Waals surface area contributed by atoms with Crippen molar-refractivity contribution in [1.82, 2.24) is 15.1 Å². The van der Waals surface area contributed by atoms with Crippen molar-refractivity contribution in [3.05, 3.63) is 29.3 Å². The number of urea groups is 1. The summed E-state index contributed by atoms with van der Waals surface area (Å²) in [5.41, 5.74) is 2.73. The van der Waals surface area contributed by atoms with E-state index in [1.165, 1.54) is 0 Å². The van der Waals surface area contributed by atoms with E-state index in [1.54, 1.807) is 11.8 Å². The van der Waals surface area contributed by atoms with Gasteiger partial charge in [-0.05, 0) is 25.5 Å². The second-order valence-electron chi connectivity index (χ2n) is 6.10. The normalized spacial score (nSPS) is 15.0. The summed E-state index contributed by atoms with van der Waals surface area (Å²) in [6.07, 6.45) is 0. The van der Waals surface area contributed by atoms with Gasteiger partial charge in [0.25, 0.3) is 0 Å². The Morgan fingerprint density at radius 2 is 1.75 bits per heavy atom. The summed E-state index contributed by atoms with van der Waals surface area (Å²) in [5.74, 6) is -0.305. The number of aryl methyl sites for hydroxylation is 2. The highest BCUT2D eigenvalue weighted by molar-refractivity contribution is 6.02. The highest BCUT2D eigenvalue weighted by atomic mass is 16.2. The Morgan fingerprint density at radius 1 is 1.08 bits per heavy atom. The molecular weight excluding hydrogens is 308 g/mol. The van der Waals surface area contributed by atoms with Crippen LogP contribution < -0.4 is 10.6 Å². The fourth-order valence-corrected chi connectivity index (χ4v) is 2.70. The van der Waals surface area contributed by atoms with Gasteiger partial charge in [0.05, 0.1) is 6.54 Å². The summed E-state index contributed by atoms with van der Waals surface area (Å²) in [5, 5.41) is 5.03. The summed E-state index contributed by atoms with van der Waals surface area (Å²) in [7, 11) is 0. The van der Waals surface area contributed by atoms with Crippen molar-refractivity contribution in [2.45, 2.75) is 20.8 Å². The van der Waals surface area contributed by atoms with E-state index in [0.29, 0.717) is 31.9 Å². The van der Waals surface area contributed by atoms with Gasteiger partial charge in [0.2, 0.25) is 11.8 Å². The first-order valence-electron chi connectivity index (χ1n) is 8.01. The van der Waals surface area contributed by atoms with Crippen molar-refractivity contribution >= 4 is 23.5 Å². The van der Waals surface area contributed by atoms with Gasteiger partial charge < -0.3 is 10.2 Å². The van der Waals surface area contributed by atoms with Crippen LogP contribution in [-0.4, -0.2) is 60.4 Å². The van der Waals surface area contributed by atoms with Crippen LogP contribution in [0.3, 0.4) is 0 Å². The zero-order valence-electron chi connectivity index (χ0n) is 14.4. The van der Waals surface area contributed by atoms with Crippen molar-refractivity contribution in [1.29, 1.82) is 0 Å². The molecule has 1 aromatic rings. The predicted molar refractivity (Wildman–Crippen MR) is 91.8 cm³/mol. The summed E-state index contributed by atoms with van der Waals surface area (Å²) in [4.78, 5) is 38.9. The van der Waals surface area contributed by atoms with E-state index in [0.717, 1.165) is 11.1 Å². The van der Waals surface area contributed by atoms with Crippen molar-refractivity contribution in [3.63, 3.8) is 0 Å². The van der Waals surface area contributed by atoms with E-state index < -0.39 is 6.03 Å². The smallest absolute Gasteiger partial charge is 0.325 e. The predicted octanol–water partition coefficient (Wildman–Crippen LogP) is 1.12. The molecule has 2 rings (SSSR count). The van der Waals surface area contributed by atoms with Gasteiger partial charge in [-0.1, -0.05) is 17.7 Å². The number of hydrogen-bond acceptors (Lipinski definition) is 4. The first-order chi connectivity index (χ1) is 11.3. The van der Waals surface area contributed by atoms with Crippen LogP contribution in [0.15, 0.2) is 18.2 Å². The third kappa shape index (κ3) is 5.06. The van der Waals surface area contributed by atoms with E-state index in [4.69, 9.17) is 0 Å². The topological polar surface area (TPSA) is 81.8 Å². The number of rotatable bonds is 3. The van der Waals surface area contributed by atoms with E-state index in [-0.39, 0.29) is 18.4 Å². The third-order valence-corrected chi connectivity index (χ3v) is 4.07. The Balaban J connectivity index is 1.78. The zero-order valence-corrected chi connectivity index (χ0v) is 14.4. The van der Waals surface area contributed by atoms with E-state index in [1.807, 2.05) is 36.9 Å². The number of carbonyl (C=O) groups excluding carboxylic acids is 3. The van der Waals surface area contributed by atoms with Crippen molar-refractivity contribution < 1.29 is 14.4 Å². The number of nitrogens with zero attached hydrogens (tertiary/aromatic N) is 2. The second kappa shape index (κ2) is 7.92. The number of carbonyl (C=O) groups is 3. The molecule has 0 saturated carbocycles. The number of anilines is 1. The van der Waals surface area contributed by atoms with Crippen LogP contribution >= 0.6 is 0 Å². The average Bonchev–Trinajstić information content (AvgIpc) is 2.50. The van der Waals surface area contributed by atoms with Gasteiger partial charge in [0.1, 0.15) is 0 Å². The number of nitrogens with one attached hydrogen (secondary N) is 2. The molecule has 1 aliphatic rings. The standard InChI is InChI=1S/C17H24N4O3/c1-12-4-5-15(13(2)10-12)18-17(24)19-16(23)11-20-6-8-21(9-7-20)14(3)22/h4-5,10H,6-9,11H2,1-3H3,(H2,18,19,23,24). The quantitative estimate of drug-likeness (QED) is 0.869. The lowest BCUT2D eigenvalue weighted by Crippen LogP contribution is -2.51. The average molecular weight is 332 g/mol. The van der Waals surface area contributed by atoms with Crippen molar-refractivity contribution in [3.8, 4) is 0 Å². The van der Waals surface area contributed by atoms with Crippen LogP contribution in [0.5, 0.6) is 0 Å².